The van der Waals surface area contributed by atoms with Crippen molar-refractivity contribution in [2.75, 3.05) is 13.2 Å². The number of allylic oxidation sites excluding steroid dienone is 2. The topological polar surface area (TPSA) is 42.3 Å². The van der Waals surface area contributed by atoms with Gasteiger partial charge in [0.05, 0.1) is 12.3 Å². The molecular formula is C9H11NO2. The maximum absolute atomic E-state index is 7.45. The van der Waals surface area contributed by atoms with Crippen molar-refractivity contribution < 1.29 is 9.47 Å². The Balaban J connectivity index is 2.22. The van der Waals surface area contributed by atoms with Gasteiger partial charge in [0.25, 0.3) is 0 Å². The zero-order valence-electron chi connectivity index (χ0n) is 6.75. The van der Waals surface area contributed by atoms with Gasteiger partial charge in [-0.3, -0.25) is 0 Å². The van der Waals surface area contributed by atoms with E-state index >= 15 is 0 Å². The predicted octanol–water partition coefficient (Wildman–Crippen LogP) is 1.27. The molecule has 3 nitrogen and oxygen atoms in total. The summed E-state index contributed by atoms with van der Waals surface area (Å²) in [6.07, 6.45) is 6.31. The molecule has 0 aromatic heterocycles. The van der Waals surface area contributed by atoms with Gasteiger partial charge in [-0.25, -0.2) is 0 Å². The number of ether oxygens (including phenoxy) is 2. The minimum absolute atomic E-state index is 0.0397. The van der Waals surface area contributed by atoms with Crippen LogP contribution in [0.4, 0.5) is 0 Å². The summed E-state index contributed by atoms with van der Waals surface area (Å²) in [4.78, 5) is 0. The molecule has 1 heterocycles. The smallest absolute Gasteiger partial charge is 0.127 e. The highest BCUT2D eigenvalue weighted by Gasteiger charge is 2.21. The van der Waals surface area contributed by atoms with Gasteiger partial charge in [-0.05, 0) is 12.5 Å². The summed E-state index contributed by atoms with van der Waals surface area (Å²) in [5.74, 6) is 0.802. The molecule has 1 aliphatic heterocycles. The zero-order valence-corrected chi connectivity index (χ0v) is 6.75. The predicted molar refractivity (Wildman–Crippen MR) is 45.3 cm³/mol. The molecule has 12 heavy (non-hydrogen) atoms. The van der Waals surface area contributed by atoms with Crippen LogP contribution in [0.2, 0.25) is 0 Å². The first kappa shape index (κ1) is 7.55. The Morgan fingerprint density at radius 1 is 1.42 bits per heavy atom. The van der Waals surface area contributed by atoms with Gasteiger partial charge in [0.15, 0.2) is 0 Å². The van der Waals surface area contributed by atoms with Crippen molar-refractivity contribution in [1.82, 2.24) is 0 Å². The fourth-order valence-electron chi connectivity index (χ4n) is 1.36. The summed E-state index contributed by atoms with van der Waals surface area (Å²) in [7, 11) is 0. The van der Waals surface area contributed by atoms with Crippen LogP contribution in [0.3, 0.4) is 0 Å². The van der Waals surface area contributed by atoms with E-state index in [1.54, 1.807) is 12.2 Å². The van der Waals surface area contributed by atoms with Crippen LogP contribution in [-0.4, -0.2) is 25.0 Å². The molecule has 0 aromatic carbocycles. The van der Waals surface area contributed by atoms with Crippen molar-refractivity contribution in [1.29, 1.82) is 5.41 Å². The molecule has 0 spiro atoms. The van der Waals surface area contributed by atoms with E-state index < -0.39 is 0 Å². The van der Waals surface area contributed by atoms with Gasteiger partial charge in [-0.1, -0.05) is 6.08 Å². The monoisotopic (exact) mass is 165 g/mol. The molecule has 1 fully saturated rings. The van der Waals surface area contributed by atoms with E-state index in [4.69, 9.17) is 14.9 Å². The Labute approximate surface area is 71.2 Å². The van der Waals surface area contributed by atoms with Crippen LogP contribution in [-0.2, 0) is 9.47 Å². The minimum atomic E-state index is 0.0397. The van der Waals surface area contributed by atoms with E-state index in [0.717, 1.165) is 12.2 Å². The molecule has 0 bridgehead atoms. The molecule has 0 aromatic rings. The van der Waals surface area contributed by atoms with Gasteiger partial charge in [-0.2, -0.15) is 0 Å². The van der Waals surface area contributed by atoms with Crippen molar-refractivity contribution >= 4 is 5.71 Å². The molecule has 1 atom stereocenters. The Kier molecular flexibility index (Phi) is 1.96. The summed E-state index contributed by atoms with van der Waals surface area (Å²) in [5.41, 5.74) is 0.484. The van der Waals surface area contributed by atoms with Crippen molar-refractivity contribution in [3.8, 4) is 0 Å². The summed E-state index contributed by atoms with van der Waals surface area (Å²) in [6.45, 7) is 1.26. The SMILES string of the molecule is N=C1C=CCC2OCCOC2=C1. The third kappa shape index (κ3) is 1.41. The molecule has 3 heteroatoms. The van der Waals surface area contributed by atoms with E-state index in [1.807, 2.05) is 6.08 Å². The van der Waals surface area contributed by atoms with Crippen molar-refractivity contribution in [3.63, 3.8) is 0 Å². The van der Waals surface area contributed by atoms with Crippen molar-refractivity contribution in [3.05, 3.63) is 24.0 Å². The van der Waals surface area contributed by atoms with Gasteiger partial charge in [0.2, 0.25) is 0 Å². The van der Waals surface area contributed by atoms with Gasteiger partial charge >= 0.3 is 0 Å². The lowest BCUT2D eigenvalue weighted by Gasteiger charge is -2.24. The molecule has 2 rings (SSSR count). The van der Waals surface area contributed by atoms with Gasteiger partial charge < -0.3 is 14.9 Å². The van der Waals surface area contributed by atoms with Gasteiger partial charge in [0.1, 0.15) is 18.5 Å². The first-order valence-electron chi connectivity index (χ1n) is 4.07. The highest BCUT2D eigenvalue weighted by atomic mass is 16.6. The zero-order chi connectivity index (χ0) is 8.39. The van der Waals surface area contributed by atoms with Crippen LogP contribution in [0, 0.1) is 5.41 Å². The third-order valence-corrected chi connectivity index (χ3v) is 1.93. The van der Waals surface area contributed by atoms with Crippen LogP contribution in [0.5, 0.6) is 0 Å². The van der Waals surface area contributed by atoms with Crippen molar-refractivity contribution in [2.24, 2.45) is 0 Å². The summed E-state index contributed by atoms with van der Waals surface area (Å²) in [5, 5.41) is 7.45. The van der Waals surface area contributed by atoms with E-state index in [1.165, 1.54) is 0 Å². The standard InChI is InChI=1S/C9H11NO2/c10-7-2-1-3-8-9(6-7)12-5-4-11-8/h1-2,6,8,10H,3-5H2. The fourth-order valence-corrected chi connectivity index (χ4v) is 1.36. The number of hydrogen-bond acceptors (Lipinski definition) is 3. The maximum atomic E-state index is 7.45. The normalized spacial score (nSPS) is 28.5. The molecule has 0 radical (unpaired) electrons. The Bertz CT molecular complexity index is 255. The molecule has 2 aliphatic rings. The van der Waals surface area contributed by atoms with Crippen LogP contribution in [0.25, 0.3) is 0 Å². The number of hydrogen-bond donors (Lipinski definition) is 1. The quantitative estimate of drug-likeness (QED) is 0.587. The van der Waals surface area contributed by atoms with Crippen LogP contribution < -0.4 is 0 Å². The Hall–Kier alpha value is -1.09. The van der Waals surface area contributed by atoms with E-state index in [-0.39, 0.29) is 6.10 Å². The van der Waals surface area contributed by atoms with Gasteiger partial charge in [-0.15, -0.1) is 0 Å². The third-order valence-electron chi connectivity index (χ3n) is 1.93. The Morgan fingerprint density at radius 2 is 2.33 bits per heavy atom. The molecule has 1 unspecified atom stereocenters. The molecule has 1 aliphatic carbocycles. The molecule has 0 saturated carbocycles. The molecule has 1 saturated heterocycles. The molecule has 64 valence electrons. The van der Waals surface area contributed by atoms with Crippen LogP contribution >= 0.6 is 0 Å². The maximum Gasteiger partial charge on any atom is 0.127 e. The molecular weight excluding hydrogens is 154 g/mol. The first-order valence-corrected chi connectivity index (χ1v) is 4.07. The summed E-state index contributed by atoms with van der Waals surface area (Å²) in [6, 6.07) is 0. The van der Waals surface area contributed by atoms with Crippen LogP contribution in [0.1, 0.15) is 6.42 Å². The highest BCUT2D eigenvalue weighted by Crippen LogP contribution is 2.19. The van der Waals surface area contributed by atoms with E-state index in [9.17, 15) is 0 Å². The van der Waals surface area contributed by atoms with Gasteiger partial charge in [0, 0.05) is 6.08 Å². The minimum Gasteiger partial charge on any atom is -0.493 e. The van der Waals surface area contributed by atoms with E-state index in [0.29, 0.717) is 18.9 Å². The first-order chi connectivity index (χ1) is 5.86. The molecule has 0 amide bonds. The lowest BCUT2D eigenvalue weighted by molar-refractivity contribution is -0.0399. The lowest BCUT2D eigenvalue weighted by atomic mass is 10.2. The fraction of sp³-hybridized carbons (Fsp3) is 0.444. The van der Waals surface area contributed by atoms with Crippen molar-refractivity contribution in [2.45, 2.75) is 12.5 Å². The number of fused-ring (bicyclic) bond motifs is 1. The second kappa shape index (κ2) is 3.11. The summed E-state index contributed by atoms with van der Waals surface area (Å²) < 4.78 is 10.9. The number of nitrogens with one attached hydrogen (secondary N) is 1. The summed E-state index contributed by atoms with van der Waals surface area (Å²) >= 11 is 0. The second-order valence-corrected chi connectivity index (χ2v) is 2.85. The average molecular weight is 165 g/mol. The number of rotatable bonds is 0. The second-order valence-electron chi connectivity index (χ2n) is 2.85. The van der Waals surface area contributed by atoms with Crippen LogP contribution in [0.15, 0.2) is 24.0 Å². The largest absolute Gasteiger partial charge is 0.493 e. The lowest BCUT2D eigenvalue weighted by Crippen LogP contribution is -2.26. The van der Waals surface area contributed by atoms with E-state index in [2.05, 4.69) is 0 Å². The highest BCUT2D eigenvalue weighted by molar-refractivity contribution is 6.02. The Morgan fingerprint density at radius 3 is 3.25 bits per heavy atom. The molecule has 1 N–H and O–H groups in total. The average Bonchev–Trinajstić information content (AvgIpc) is 2.25.